The van der Waals surface area contributed by atoms with Crippen LogP contribution in [-0.4, -0.2) is 16.2 Å². The van der Waals surface area contributed by atoms with Crippen LogP contribution in [0.1, 0.15) is 65.0 Å². The Labute approximate surface area is 161 Å². The van der Waals surface area contributed by atoms with E-state index in [0.717, 1.165) is 12.8 Å². The lowest BCUT2D eigenvalue weighted by Crippen LogP contribution is -2.55. The summed E-state index contributed by atoms with van der Waals surface area (Å²) in [7, 11) is 0. The zero-order valence-corrected chi connectivity index (χ0v) is 17.1. The molecule has 3 heteroatoms. The molecule has 4 aliphatic rings. The molecule has 1 aromatic rings. The number of aliphatic hydroxyl groups excluding tert-OH is 1. The number of nitrogens with zero attached hydrogens (tertiary/aromatic N) is 1. The second-order valence-electron chi connectivity index (χ2n) is 9.72. The summed E-state index contributed by atoms with van der Waals surface area (Å²) in [5, 5.41) is 13.3. The fourth-order valence-electron chi connectivity index (χ4n) is 7.39. The summed E-state index contributed by atoms with van der Waals surface area (Å²) in [5.41, 5.74) is 6.51. The fourth-order valence-corrected chi connectivity index (χ4v) is 7.94. The lowest BCUT2D eigenvalue weighted by molar-refractivity contribution is -0.0873. The Morgan fingerprint density at radius 1 is 1.23 bits per heavy atom. The van der Waals surface area contributed by atoms with Crippen LogP contribution in [0.5, 0.6) is 0 Å². The second-order valence-corrected chi connectivity index (χ2v) is 10.4. The Balaban J connectivity index is 1.55. The number of fused-ring (bicyclic) bond motifs is 5. The summed E-state index contributed by atoms with van der Waals surface area (Å²) in [4.78, 5) is 4.65. The van der Waals surface area contributed by atoms with Gasteiger partial charge in [-0.25, -0.2) is 4.98 Å². The number of thiazole rings is 1. The third-order valence-electron chi connectivity index (χ3n) is 8.77. The van der Waals surface area contributed by atoms with Crippen molar-refractivity contribution < 1.29 is 5.11 Å². The Kier molecular flexibility index (Phi) is 3.82. The number of aromatic nitrogens is 1. The van der Waals surface area contributed by atoms with E-state index in [4.69, 9.17) is 0 Å². The molecule has 5 rings (SSSR count). The zero-order valence-electron chi connectivity index (χ0n) is 16.2. The lowest BCUT2D eigenvalue weighted by atomic mass is 9.45. The van der Waals surface area contributed by atoms with Crippen molar-refractivity contribution in [3.63, 3.8) is 0 Å². The van der Waals surface area contributed by atoms with E-state index in [2.05, 4.69) is 43.3 Å². The molecule has 7 atom stereocenters. The van der Waals surface area contributed by atoms with Gasteiger partial charge in [0.1, 0.15) is 0 Å². The van der Waals surface area contributed by atoms with Gasteiger partial charge in [0.05, 0.1) is 17.3 Å². The second kappa shape index (κ2) is 5.78. The maximum Gasteiger partial charge on any atom is 0.0798 e. The van der Waals surface area contributed by atoms with Crippen LogP contribution < -0.4 is 0 Å². The van der Waals surface area contributed by atoms with Gasteiger partial charge in [0, 0.05) is 10.8 Å². The van der Waals surface area contributed by atoms with Crippen LogP contribution >= 0.6 is 11.3 Å². The normalized spacial score (nSPS) is 47.5. The fraction of sp³-hybridized carbons (Fsp3) is 0.696. The van der Waals surface area contributed by atoms with E-state index in [1.807, 2.05) is 5.51 Å². The Morgan fingerprint density at radius 2 is 2.08 bits per heavy atom. The zero-order chi connectivity index (χ0) is 18.1. The highest BCUT2D eigenvalue weighted by Crippen LogP contribution is 2.67. The molecule has 2 nitrogen and oxygen atoms in total. The number of hydrogen-bond acceptors (Lipinski definition) is 3. The van der Waals surface area contributed by atoms with E-state index in [9.17, 15) is 5.11 Å². The van der Waals surface area contributed by atoms with Crippen LogP contribution in [0.25, 0.3) is 5.57 Å². The van der Waals surface area contributed by atoms with E-state index in [1.165, 1.54) is 37.0 Å². The van der Waals surface area contributed by atoms with Gasteiger partial charge >= 0.3 is 0 Å². The molecule has 2 unspecified atom stereocenters. The number of rotatable bonds is 1. The van der Waals surface area contributed by atoms with Gasteiger partial charge < -0.3 is 5.11 Å². The van der Waals surface area contributed by atoms with Gasteiger partial charge in [0.15, 0.2) is 0 Å². The largest absolute Gasteiger partial charge is 0.392 e. The van der Waals surface area contributed by atoms with Gasteiger partial charge in [-0.05, 0) is 73.2 Å². The molecule has 0 aromatic carbocycles. The number of allylic oxidation sites excluding steroid dienone is 3. The third-order valence-corrected chi connectivity index (χ3v) is 9.36. The van der Waals surface area contributed by atoms with Crippen molar-refractivity contribution in [3.8, 4) is 0 Å². The van der Waals surface area contributed by atoms with Gasteiger partial charge in [-0.3, -0.25) is 0 Å². The highest BCUT2D eigenvalue weighted by molar-refractivity contribution is 7.07. The first-order valence-electron chi connectivity index (χ1n) is 10.4. The first-order valence-corrected chi connectivity index (χ1v) is 11.4. The molecule has 0 saturated heterocycles. The molecule has 0 spiro atoms. The third kappa shape index (κ3) is 2.10. The minimum atomic E-state index is -0.153. The molecule has 0 radical (unpaired) electrons. The molecule has 0 amide bonds. The molecule has 0 aliphatic heterocycles. The molecular formula is C23H31NOS. The van der Waals surface area contributed by atoms with Gasteiger partial charge in [-0.1, -0.05) is 38.5 Å². The molecule has 2 fully saturated rings. The van der Waals surface area contributed by atoms with Crippen LogP contribution in [0, 0.1) is 34.5 Å². The topological polar surface area (TPSA) is 33.1 Å². The molecule has 4 aliphatic carbocycles. The van der Waals surface area contributed by atoms with Crippen LogP contribution in [-0.2, 0) is 0 Å². The van der Waals surface area contributed by atoms with E-state index >= 15 is 0 Å². The summed E-state index contributed by atoms with van der Waals surface area (Å²) >= 11 is 1.71. The summed E-state index contributed by atoms with van der Waals surface area (Å²) in [6.07, 6.45) is 11.9. The monoisotopic (exact) mass is 369 g/mol. The molecule has 1 heterocycles. The van der Waals surface area contributed by atoms with E-state index in [-0.39, 0.29) is 16.9 Å². The highest BCUT2D eigenvalue weighted by Gasteiger charge is 2.60. The average Bonchev–Trinajstić information content (AvgIpc) is 3.24. The Hall–Kier alpha value is -0.930. The summed E-state index contributed by atoms with van der Waals surface area (Å²) < 4.78 is 0. The minimum absolute atomic E-state index is 0.0140. The minimum Gasteiger partial charge on any atom is -0.392 e. The number of hydrogen-bond donors (Lipinski definition) is 1. The van der Waals surface area contributed by atoms with E-state index in [0.29, 0.717) is 23.7 Å². The number of aliphatic hydroxyl groups is 1. The molecular weight excluding hydrogens is 338 g/mol. The molecule has 140 valence electrons. The lowest BCUT2D eigenvalue weighted by Gasteiger charge is -2.60. The summed E-state index contributed by atoms with van der Waals surface area (Å²) in [5.74, 6) is 2.63. The smallest absolute Gasteiger partial charge is 0.0798 e. The van der Waals surface area contributed by atoms with Crippen molar-refractivity contribution in [1.82, 2.24) is 4.98 Å². The first-order chi connectivity index (χ1) is 12.5. The maximum atomic E-state index is 11.0. The van der Waals surface area contributed by atoms with Crippen LogP contribution in [0.2, 0.25) is 0 Å². The summed E-state index contributed by atoms with van der Waals surface area (Å²) in [6, 6.07) is 0. The predicted octanol–water partition coefficient (Wildman–Crippen LogP) is 5.71. The van der Waals surface area contributed by atoms with Crippen molar-refractivity contribution in [1.29, 1.82) is 0 Å². The van der Waals surface area contributed by atoms with Gasteiger partial charge in [-0.15, -0.1) is 11.3 Å². The standard InChI is InChI=1S/C23H31NOS/c1-14-11-15-5-4-6-20(25)23(15,3)18-9-10-22(2)16(19-12-26-13-24-19)7-8-17(22)21(14)18/h7,11-14,17-18,20-21,25H,4-6,8-10H2,1-3H3/t14?,17-,18-,20?,21-,22+,23-/m0/s1. The summed E-state index contributed by atoms with van der Waals surface area (Å²) in [6.45, 7) is 7.33. The molecule has 1 N–H and O–H groups in total. The quantitative estimate of drug-likeness (QED) is 0.644. The Bertz CT molecular complexity index is 765. The highest BCUT2D eigenvalue weighted by atomic mass is 32.1. The first kappa shape index (κ1) is 17.2. The van der Waals surface area contributed by atoms with E-state index < -0.39 is 0 Å². The maximum absolute atomic E-state index is 11.0. The SMILES string of the molecule is CC1C=C2CCCC(O)[C@]2(C)[C@H]2CC[C@]3(C)C(c4cscn4)=CC[C@H]3[C@H]12. The van der Waals surface area contributed by atoms with Gasteiger partial charge in [0.25, 0.3) is 0 Å². The van der Waals surface area contributed by atoms with Crippen LogP contribution in [0.3, 0.4) is 0 Å². The van der Waals surface area contributed by atoms with Crippen molar-refractivity contribution in [3.05, 3.63) is 34.3 Å². The van der Waals surface area contributed by atoms with Gasteiger partial charge in [-0.2, -0.15) is 0 Å². The van der Waals surface area contributed by atoms with E-state index in [1.54, 1.807) is 16.9 Å². The van der Waals surface area contributed by atoms with Crippen molar-refractivity contribution >= 4 is 16.9 Å². The molecule has 0 bridgehead atoms. The average molecular weight is 370 g/mol. The van der Waals surface area contributed by atoms with Crippen molar-refractivity contribution in [2.45, 2.75) is 65.4 Å². The predicted molar refractivity (Wildman–Crippen MR) is 108 cm³/mol. The van der Waals surface area contributed by atoms with Crippen molar-refractivity contribution in [2.24, 2.45) is 34.5 Å². The van der Waals surface area contributed by atoms with Crippen LogP contribution in [0.15, 0.2) is 28.6 Å². The molecule has 2 saturated carbocycles. The Morgan fingerprint density at radius 3 is 2.85 bits per heavy atom. The molecule has 26 heavy (non-hydrogen) atoms. The molecule has 1 aromatic heterocycles. The van der Waals surface area contributed by atoms with Gasteiger partial charge in [0.2, 0.25) is 0 Å². The van der Waals surface area contributed by atoms with Crippen LogP contribution in [0.4, 0.5) is 0 Å². The van der Waals surface area contributed by atoms with Crippen molar-refractivity contribution in [2.75, 3.05) is 0 Å².